The lowest BCUT2D eigenvalue weighted by Crippen LogP contribution is -2.25. The molecular weight excluding hydrogens is 176 g/mol. The highest BCUT2D eigenvalue weighted by Crippen LogP contribution is 2.22. The fourth-order valence-corrected chi connectivity index (χ4v) is 2.45. The summed E-state index contributed by atoms with van der Waals surface area (Å²) in [7, 11) is -1.88. The van der Waals surface area contributed by atoms with Crippen LogP contribution < -0.4 is 0 Å². The summed E-state index contributed by atoms with van der Waals surface area (Å²) in [6.45, 7) is 16.8. The molecule has 12 heavy (non-hydrogen) atoms. The van der Waals surface area contributed by atoms with Crippen LogP contribution in [0.1, 0.15) is 6.92 Å². The van der Waals surface area contributed by atoms with Crippen molar-refractivity contribution < 1.29 is 0 Å². The van der Waals surface area contributed by atoms with Crippen molar-refractivity contribution in [2.24, 2.45) is 0 Å². The molecule has 0 saturated heterocycles. The van der Waals surface area contributed by atoms with E-state index in [-0.39, 0.29) is 0 Å². The van der Waals surface area contributed by atoms with Crippen LogP contribution in [0.4, 0.5) is 0 Å². The van der Waals surface area contributed by atoms with E-state index in [1.807, 2.05) is 0 Å². The van der Waals surface area contributed by atoms with Gasteiger partial charge in [-0.25, -0.2) is 0 Å². The highest BCUT2D eigenvalue weighted by molar-refractivity contribution is 6.81. The van der Waals surface area contributed by atoms with Crippen molar-refractivity contribution in [2.45, 2.75) is 51.7 Å². The molecule has 0 nitrogen and oxygen atoms in total. The van der Waals surface area contributed by atoms with Crippen molar-refractivity contribution in [3.8, 4) is 0 Å². The number of hydrogen-bond donors (Lipinski definition) is 0. The van der Waals surface area contributed by atoms with Crippen LogP contribution >= 0.6 is 0 Å². The Morgan fingerprint density at radius 1 is 0.917 bits per heavy atom. The van der Waals surface area contributed by atoms with Crippen molar-refractivity contribution >= 4 is 16.1 Å². The van der Waals surface area contributed by atoms with E-state index in [1.54, 1.807) is 0 Å². The largest absolute Gasteiger partial charge is 0.0989 e. The molecule has 0 heterocycles. The summed E-state index contributed by atoms with van der Waals surface area (Å²) in [6.07, 6.45) is 2.46. The molecule has 0 fully saturated rings. The highest BCUT2D eigenvalue weighted by Gasteiger charge is 2.20. The average molecular weight is 200 g/mol. The van der Waals surface area contributed by atoms with Gasteiger partial charge in [-0.2, -0.15) is 0 Å². The first-order valence-electron chi connectivity index (χ1n) is 4.82. The second-order valence-corrected chi connectivity index (χ2v) is 16.6. The Hall–Kier alpha value is 0.174. The normalized spacial score (nSPS) is 16.9. The van der Waals surface area contributed by atoms with E-state index in [0.29, 0.717) is 0 Å². The van der Waals surface area contributed by atoms with E-state index >= 15 is 0 Å². The molecule has 0 aromatic rings. The summed E-state index contributed by atoms with van der Waals surface area (Å²) in [5, 5.41) is 0. The van der Waals surface area contributed by atoms with Crippen LogP contribution in [0.5, 0.6) is 0 Å². The summed E-state index contributed by atoms with van der Waals surface area (Å²) in [5.41, 5.74) is 3.31. The lowest BCUT2D eigenvalue weighted by Gasteiger charge is -2.23. The fraction of sp³-hybridized carbons (Fsp3) is 0.800. The molecule has 0 bridgehead atoms. The Balaban J connectivity index is 4.19. The Morgan fingerprint density at radius 3 is 1.58 bits per heavy atom. The van der Waals surface area contributed by atoms with Crippen LogP contribution in [0.2, 0.25) is 44.8 Å². The van der Waals surface area contributed by atoms with Crippen LogP contribution in [-0.2, 0) is 0 Å². The minimum atomic E-state index is -0.957. The monoisotopic (exact) mass is 200 g/mol. The SMILES string of the molecule is CC(/C=C/[Si](C)(C)C)[Si](C)(C)C. The van der Waals surface area contributed by atoms with E-state index < -0.39 is 16.1 Å². The minimum Gasteiger partial charge on any atom is -0.0989 e. The summed E-state index contributed by atoms with van der Waals surface area (Å²) >= 11 is 0. The van der Waals surface area contributed by atoms with Gasteiger partial charge in [0.1, 0.15) is 0 Å². The van der Waals surface area contributed by atoms with Crippen molar-refractivity contribution in [2.75, 3.05) is 0 Å². The molecule has 0 radical (unpaired) electrons. The molecule has 0 aliphatic heterocycles. The molecule has 72 valence electrons. The molecule has 0 N–H and O–H groups in total. The Kier molecular flexibility index (Phi) is 3.98. The maximum absolute atomic E-state index is 2.48. The van der Waals surface area contributed by atoms with Crippen LogP contribution in [0.15, 0.2) is 11.8 Å². The van der Waals surface area contributed by atoms with Gasteiger partial charge in [0.25, 0.3) is 0 Å². The molecule has 0 aromatic carbocycles. The zero-order chi connectivity index (χ0) is 9.99. The average Bonchev–Trinajstić information content (AvgIpc) is 1.78. The van der Waals surface area contributed by atoms with Gasteiger partial charge in [0.2, 0.25) is 0 Å². The van der Waals surface area contributed by atoms with Crippen LogP contribution in [0, 0.1) is 0 Å². The summed E-state index contributed by atoms with van der Waals surface area (Å²) in [6, 6.07) is 0. The second kappa shape index (κ2) is 3.92. The predicted molar refractivity (Wildman–Crippen MR) is 65.3 cm³/mol. The first kappa shape index (κ1) is 12.2. The number of rotatable bonds is 3. The Labute approximate surface area is 80.1 Å². The third kappa shape index (κ3) is 5.78. The van der Waals surface area contributed by atoms with Gasteiger partial charge >= 0.3 is 0 Å². The van der Waals surface area contributed by atoms with E-state index in [4.69, 9.17) is 0 Å². The molecule has 0 rings (SSSR count). The van der Waals surface area contributed by atoms with Crippen molar-refractivity contribution in [1.29, 1.82) is 0 Å². The smallest absolute Gasteiger partial charge is 0.0682 e. The number of allylic oxidation sites excluding steroid dienone is 1. The van der Waals surface area contributed by atoms with E-state index in [0.717, 1.165) is 5.54 Å². The van der Waals surface area contributed by atoms with Gasteiger partial charge in [0.15, 0.2) is 0 Å². The van der Waals surface area contributed by atoms with Gasteiger partial charge in [-0.15, -0.1) is 0 Å². The molecule has 0 aliphatic carbocycles. The van der Waals surface area contributed by atoms with E-state index in [1.165, 1.54) is 0 Å². The fourth-order valence-electron chi connectivity index (χ4n) is 0.722. The van der Waals surface area contributed by atoms with E-state index in [2.05, 4.69) is 58.0 Å². The molecule has 0 aromatic heterocycles. The zero-order valence-corrected chi connectivity index (χ0v) is 11.7. The quantitative estimate of drug-likeness (QED) is 0.601. The van der Waals surface area contributed by atoms with Crippen LogP contribution in [0.25, 0.3) is 0 Å². The van der Waals surface area contributed by atoms with Gasteiger partial charge in [-0.3, -0.25) is 0 Å². The van der Waals surface area contributed by atoms with Gasteiger partial charge in [-0.1, -0.05) is 58.0 Å². The van der Waals surface area contributed by atoms with Gasteiger partial charge in [-0.05, 0) is 5.54 Å². The summed E-state index contributed by atoms with van der Waals surface area (Å²) in [4.78, 5) is 0. The predicted octanol–water partition coefficient (Wildman–Crippen LogP) is 4.15. The first-order chi connectivity index (χ1) is 5.13. The molecular formula is C10H24Si2. The maximum Gasteiger partial charge on any atom is 0.0682 e. The summed E-state index contributed by atoms with van der Waals surface area (Å²) < 4.78 is 0. The molecule has 0 saturated carbocycles. The zero-order valence-electron chi connectivity index (χ0n) is 9.73. The Morgan fingerprint density at radius 2 is 1.33 bits per heavy atom. The Bertz CT molecular complexity index is 158. The highest BCUT2D eigenvalue weighted by atomic mass is 28.3. The lowest BCUT2D eigenvalue weighted by molar-refractivity contribution is 1.13. The molecule has 0 spiro atoms. The minimum absolute atomic E-state index is 0.823. The summed E-state index contributed by atoms with van der Waals surface area (Å²) in [5.74, 6) is 0. The van der Waals surface area contributed by atoms with E-state index in [9.17, 15) is 0 Å². The lowest BCUT2D eigenvalue weighted by atomic mass is 10.5. The molecule has 0 amide bonds. The molecule has 2 heteroatoms. The molecule has 1 atom stereocenters. The van der Waals surface area contributed by atoms with Crippen LogP contribution in [-0.4, -0.2) is 16.1 Å². The number of hydrogen-bond acceptors (Lipinski definition) is 0. The molecule has 0 aliphatic rings. The first-order valence-corrected chi connectivity index (χ1v) is 12.0. The van der Waals surface area contributed by atoms with Gasteiger partial charge in [0.05, 0.1) is 16.1 Å². The van der Waals surface area contributed by atoms with Crippen molar-refractivity contribution in [3.05, 3.63) is 11.8 Å². The maximum atomic E-state index is 2.48. The van der Waals surface area contributed by atoms with Crippen molar-refractivity contribution in [1.82, 2.24) is 0 Å². The van der Waals surface area contributed by atoms with Gasteiger partial charge in [0, 0.05) is 0 Å². The molecule has 1 unspecified atom stereocenters. The third-order valence-electron chi connectivity index (χ3n) is 2.25. The van der Waals surface area contributed by atoms with Crippen LogP contribution in [0.3, 0.4) is 0 Å². The standard InChI is InChI=1S/C10H24Si2/c1-10(12(5,6)7)8-9-11(2,3)4/h8-10H,1-7H3/b9-8+. The third-order valence-corrected chi connectivity index (χ3v) is 6.37. The van der Waals surface area contributed by atoms with Crippen molar-refractivity contribution in [3.63, 3.8) is 0 Å². The van der Waals surface area contributed by atoms with Gasteiger partial charge < -0.3 is 0 Å². The topological polar surface area (TPSA) is 0 Å². The second-order valence-electron chi connectivity index (χ2n) is 5.88.